The number of halogens is 3. The van der Waals surface area contributed by atoms with Gasteiger partial charge in [0, 0.05) is 43.8 Å². The number of amides is 1. The molecule has 41 heavy (non-hydrogen) atoms. The summed E-state index contributed by atoms with van der Waals surface area (Å²) < 4.78 is 54.0. The van der Waals surface area contributed by atoms with Gasteiger partial charge in [0.1, 0.15) is 11.4 Å². The van der Waals surface area contributed by atoms with Gasteiger partial charge in [0.2, 0.25) is 5.95 Å². The Bertz CT molecular complexity index is 1530. The lowest BCUT2D eigenvalue weighted by Crippen LogP contribution is -2.21. The fraction of sp³-hybridized carbons (Fsp3) is 0.269. The molecule has 3 aromatic heterocycles. The molecule has 0 bridgehead atoms. The van der Waals surface area contributed by atoms with Crippen LogP contribution in [-0.2, 0) is 23.4 Å². The van der Waals surface area contributed by atoms with E-state index in [2.05, 4.69) is 36.0 Å². The Kier molecular flexibility index (Phi) is 9.25. The normalized spacial score (nSPS) is 12.2. The molecular formula is C26H26F3N8O3P. The second kappa shape index (κ2) is 12.8. The predicted molar refractivity (Wildman–Crippen MR) is 146 cm³/mol. The Morgan fingerprint density at radius 1 is 1.10 bits per heavy atom. The first-order valence-electron chi connectivity index (χ1n) is 12.3. The lowest BCUT2D eigenvalue weighted by molar-refractivity contribution is -0.137. The summed E-state index contributed by atoms with van der Waals surface area (Å²) >= 11 is 0. The molecular weight excluding hydrogens is 560 g/mol. The van der Waals surface area contributed by atoms with Gasteiger partial charge in [-0.05, 0) is 35.7 Å². The van der Waals surface area contributed by atoms with E-state index in [1.54, 1.807) is 47.4 Å². The van der Waals surface area contributed by atoms with E-state index in [0.29, 0.717) is 35.8 Å². The highest BCUT2D eigenvalue weighted by Crippen LogP contribution is 2.36. The van der Waals surface area contributed by atoms with E-state index >= 15 is 0 Å². The third kappa shape index (κ3) is 7.41. The molecule has 0 unspecified atom stereocenters. The molecule has 15 heteroatoms. The zero-order chi connectivity index (χ0) is 29.6. The fourth-order valence-corrected chi connectivity index (χ4v) is 4.11. The van der Waals surface area contributed by atoms with Gasteiger partial charge in [-0.25, -0.2) is 9.97 Å². The highest BCUT2D eigenvalue weighted by Gasteiger charge is 2.36. The molecule has 4 rings (SSSR count). The number of benzene rings is 1. The standard InChI is InChI=1S/C26H26F3N8O3P/c1-15(13-38)11-37-12-17(9-32-37)20-7-8-21(22(34-20)24(39)30-2)35-23-19(26(27,28)29)10-31-25(36-23)33-18-5-3-16(4-6-18)14-41-40/h3-10,12,15,38H,11,13-14H2,1-2H3,(H,30,39)(H2,31,33,35,36)/t15-/m0/s1. The summed E-state index contributed by atoms with van der Waals surface area (Å²) in [6.45, 7) is 2.32. The largest absolute Gasteiger partial charge is 0.421 e. The maximum atomic E-state index is 13.9. The van der Waals surface area contributed by atoms with Gasteiger partial charge >= 0.3 is 6.18 Å². The fourth-order valence-electron chi connectivity index (χ4n) is 3.75. The zero-order valence-electron chi connectivity index (χ0n) is 22.0. The summed E-state index contributed by atoms with van der Waals surface area (Å²) in [5, 5.41) is 21.4. The highest BCUT2D eigenvalue weighted by molar-refractivity contribution is 7.22. The molecule has 0 fully saturated rings. The molecule has 214 valence electrons. The molecule has 1 atom stereocenters. The SMILES string of the molecule is CNC(=O)c1nc(-c2cnn(C[C@H](C)CO)c2)ccc1Nc1nc(Nc2ccc(CP=O)cc2)ncc1C(F)(F)F. The van der Waals surface area contributed by atoms with E-state index in [4.69, 9.17) is 0 Å². The van der Waals surface area contributed by atoms with Crippen LogP contribution in [0.1, 0.15) is 28.5 Å². The van der Waals surface area contributed by atoms with Crippen LogP contribution in [0.3, 0.4) is 0 Å². The number of hydrogen-bond donors (Lipinski definition) is 4. The van der Waals surface area contributed by atoms with Crippen LogP contribution in [0, 0.1) is 5.92 Å². The van der Waals surface area contributed by atoms with Gasteiger partial charge in [-0.3, -0.25) is 14.0 Å². The molecule has 11 nitrogen and oxygen atoms in total. The molecule has 0 saturated heterocycles. The number of carbonyl (C=O) groups excluding carboxylic acids is 1. The van der Waals surface area contributed by atoms with E-state index in [1.165, 1.54) is 13.1 Å². The Morgan fingerprint density at radius 2 is 1.85 bits per heavy atom. The number of anilines is 4. The second-order valence-corrected chi connectivity index (χ2v) is 9.67. The minimum absolute atomic E-state index is 0.00863. The number of rotatable bonds is 11. The van der Waals surface area contributed by atoms with Gasteiger partial charge in [-0.2, -0.15) is 23.3 Å². The summed E-state index contributed by atoms with van der Waals surface area (Å²) in [6.07, 6.45) is -0.570. The molecule has 3 heterocycles. The van der Waals surface area contributed by atoms with Crippen LogP contribution in [0.5, 0.6) is 0 Å². The quantitative estimate of drug-likeness (QED) is 0.178. The maximum Gasteiger partial charge on any atom is 0.421 e. The third-order valence-electron chi connectivity index (χ3n) is 5.88. The molecule has 1 amide bonds. The van der Waals surface area contributed by atoms with Crippen LogP contribution >= 0.6 is 8.46 Å². The minimum atomic E-state index is -4.79. The first-order chi connectivity index (χ1) is 19.6. The Hall–Kier alpha value is -4.42. The Balaban J connectivity index is 1.67. The highest BCUT2D eigenvalue weighted by atomic mass is 31.1. The average molecular weight is 587 g/mol. The van der Waals surface area contributed by atoms with E-state index in [0.717, 1.165) is 5.56 Å². The van der Waals surface area contributed by atoms with Gasteiger partial charge < -0.3 is 21.1 Å². The van der Waals surface area contributed by atoms with Crippen molar-refractivity contribution in [2.45, 2.75) is 25.8 Å². The Labute approximate surface area is 234 Å². The monoisotopic (exact) mass is 586 g/mol. The molecule has 0 aliphatic carbocycles. The van der Waals surface area contributed by atoms with Gasteiger partial charge in [0.05, 0.1) is 23.7 Å². The average Bonchev–Trinajstić information content (AvgIpc) is 3.41. The predicted octanol–water partition coefficient (Wildman–Crippen LogP) is 5.02. The number of aromatic nitrogens is 5. The van der Waals surface area contributed by atoms with Crippen molar-refractivity contribution in [3.63, 3.8) is 0 Å². The van der Waals surface area contributed by atoms with Crippen molar-refractivity contribution < 1.29 is 27.6 Å². The summed E-state index contributed by atoms with van der Waals surface area (Å²) in [5.41, 5.74) is 0.969. The van der Waals surface area contributed by atoms with Crippen molar-refractivity contribution >= 4 is 37.5 Å². The van der Waals surface area contributed by atoms with Crippen LogP contribution in [0.4, 0.5) is 36.3 Å². The van der Waals surface area contributed by atoms with Crippen molar-refractivity contribution in [1.29, 1.82) is 0 Å². The number of alkyl halides is 3. The van der Waals surface area contributed by atoms with Crippen LogP contribution in [0.15, 0.2) is 55.0 Å². The van der Waals surface area contributed by atoms with Crippen molar-refractivity contribution in [2.24, 2.45) is 5.92 Å². The van der Waals surface area contributed by atoms with Crippen molar-refractivity contribution in [3.05, 3.63) is 71.8 Å². The van der Waals surface area contributed by atoms with Gasteiger partial charge in [0.25, 0.3) is 5.91 Å². The summed E-state index contributed by atoms with van der Waals surface area (Å²) in [6, 6.07) is 9.74. The number of nitrogens with one attached hydrogen (secondary N) is 3. The van der Waals surface area contributed by atoms with Gasteiger partial charge in [-0.1, -0.05) is 19.1 Å². The Morgan fingerprint density at radius 3 is 2.51 bits per heavy atom. The lowest BCUT2D eigenvalue weighted by Gasteiger charge is -2.16. The van der Waals surface area contributed by atoms with Crippen LogP contribution in [0.25, 0.3) is 11.3 Å². The molecule has 0 saturated carbocycles. The summed E-state index contributed by atoms with van der Waals surface area (Å²) in [7, 11) is 1.35. The van der Waals surface area contributed by atoms with Gasteiger partial charge in [-0.15, -0.1) is 0 Å². The van der Waals surface area contributed by atoms with Crippen LogP contribution in [-0.4, -0.2) is 49.4 Å². The number of aliphatic hydroxyl groups is 1. The third-order valence-corrected chi connectivity index (χ3v) is 6.38. The van der Waals surface area contributed by atoms with Crippen LogP contribution in [0.2, 0.25) is 0 Å². The second-order valence-electron chi connectivity index (χ2n) is 9.10. The number of carbonyl (C=O) groups is 1. The summed E-state index contributed by atoms with van der Waals surface area (Å²) in [4.78, 5) is 24.9. The lowest BCUT2D eigenvalue weighted by atomic mass is 10.1. The maximum absolute atomic E-state index is 13.9. The zero-order valence-corrected chi connectivity index (χ0v) is 22.9. The van der Waals surface area contributed by atoms with Gasteiger partial charge in [0.15, 0.2) is 14.2 Å². The number of nitrogens with zero attached hydrogens (tertiary/aromatic N) is 5. The molecule has 0 spiro atoms. The van der Waals surface area contributed by atoms with Crippen LogP contribution < -0.4 is 16.0 Å². The molecule has 0 aliphatic rings. The number of hydrogen-bond acceptors (Lipinski definition) is 9. The number of pyridine rings is 1. The first-order valence-corrected chi connectivity index (χ1v) is 13.3. The minimum Gasteiger partial charge on any atom is -0.396 e. The molecule has 0 radical (unpaired) electrons. The van der Waals surface area contributed by atoms with Crippen molar-refractivity contribution in [3.8, 4) is 11.3 Å². The molecule has 1 aromatic carbocycles. The number of aliphatic hydroxyl groups excluding tert-OH is 1. The molecule has 4 N–H and O–H groups in total. The van der Waals surface area contributed by atoms with E-state index in [1.807, 2.05) is 6.92 Å². The molecule has 4 aromatic rings. The summed E-state index contributed by atoms with van der Waals surface area (Å²) in [5.74, 6) is -1.36. The smallest absolute Gasteiger partial charge is 0.396 e. The van der Waals surface area contributed by atoms with E-state index in [-0.39, 0.29) is 38.3 Å². The van der Waals surface area contributed by atoms with E-state index < -0.39 is 23.5 Å². The van der Waals surface area contributed by atoms with E-state index in [9.17, 15) is 27.6 Å². The molecule has 0 aliphatic heterocycles. The van der Waals surface area contributed by atoms with Crippen molar-refractivity contribution in [2.75, 3.05) is 24.3 Å². The topological polar surface area (TPSA) is 147 Å². The first kappa shape index (κ1) is 29.6. The van der Waals surface area contributed by atoms with Crippen molar-refractivity contribution in [1.82, 2.24) is 30.0 Å².